The van der Waals surface area contributed by atoms with E-state index in [0.29, 0.717) is 23.1 Å². The van der Waals surface area contributed by atoms with Crippen molar-refractivity contribution in [3.8, 4) is 11.5 Å². The Balaban J connectivity index is 2.31. The van der Waals surface area contributed by atoms with Gasteiger partial charge in [-0.1, -0.05) is 0 Å². The quantitative estimate of drug-likeness (QED) is 0.863. The van der Waals surface area contributed by atoms with E-state index in [1.54, 1.807) is 13.8 Å². The Labute approximate surface area is 128 Å². The molecule has 0 spiro atoms. The molecule has 1 aromatic carbocycles. The van der Waals surface area contributed by atoms with Crippen LogP contribution in [0.5, 0.6) is 11.5 Å². The summed E-state index contributed by atoms with van der Waals surface area (Å²) >= 11 is 0. The van der Waals surface area contributed by atoms with Gasteiger partial charge in [-0.3, -0.25) is 9.59 Å². The van der Waals surface area contributed by atoms with Gasteiger partial charge in [0.15, 0.2) is 11.6 Å². The zero-order valence-electron chi connectivity index (χ0n) is 13.0. The third kappa shape index (κ3) is 1.89. The molecule has 1 aliphatic carbocycles. The molecule has 1 unspecified atom stereocenters. The summed E-state index contributed by atoms with van der Waals surface area (Å²) in [5.41, 5.74) is 1.81. The van der Waals surface area contributed by atoms with E-state index in [1.807, 2.05) is 6.92 Å². The van der Waals surface area contributed by atoms with Gasteiger partial charge >= 0.3 is 0 Å². The van der Waals surface area contributed by atoms with E-state index in [1.165, 1.54) is 13.2 Å². The van der Waals surface area contributed by atoms with Crippen molar-refractivity contribution in [3.63, 3.8) is 0 Å². The van der Waals surface area contributed by atoms with Gasteiger partial charge in [0.05, 0.1) is 24.9 Å². The van der Waals surface area contributed by atoms with Crippen LogP contribution in [0.25, 0.3) is 0 Å². The number of hydrogen-bond acceptors (Lipinski definition) is 5. The number of ketones is 2. The third-order valence-corrected chi connectivity index (χ3v) is 4.38. The smallest absolute Gasteiger partial charge is 0.196 e. The predicted octanol–water partition coefficient (Wildman–Crippen LogP) is 2.58. The molecule has 1 heterocycles. The minimum atomic E-state index is -0.429. The number of rotatable bonds is 1. The van der Waals surface area contributed by atoms with Crippen LogP contribution in [-0.2, 0) is 4.74 Å². The lowest BCUT2D eigenvalue weighted by atomic mass is 9.77. The number of benzene rings is 1. The Kier molecular flexibility index (Phi) is 3.33. The maximum Gasteiger partial charge on any atom is 0.196 e. The Hall–Kier alpha value is -2.14. The van der Waals surface area contributed by atoms with Crippen LogP contribution in [0.2, 0.25) is 0 Å². The van der Waals surface area contributed by atoms with Crippen LogP contribution in [0.3, 0.4) is 0 Å². The SMILES string of the molecule is COc1cc(O)c(C)c2c1C(=O)C1=C(CC(C)O[C@@H]1C)C2=O. The van der Waals surface area contributed by atoms with E-state index in [0.717, 1.165) is 0 Å². The zero-order chi connectivity index (χ0) is 16.2. The maximum absolute atomic E-state index is 12.9. The largest absolute Gasteiger partial charge is 0.508 e. The normalized spacial score (nSPS) is 24.2. The molecule has 0 bridgehead atoms. The number of carbonyl (C=O) groups is 2. The third-order valence-electron chi connectivity index (χ3n) is 4.38. The van der Waals surface area contributed by atoms with E-state index in [9.17, 15) is 14.7 Å². The number of fused-ring (bicyclic) bond motifs is 1. The van der Waals surface area contributed by atoms with E-state index in [-0.39, 0.29) is 40.3 Å². The van der Waals surface area contributed by atoms with Gasteiger partial charge in [-0.25, -0.2) is 0 Å². The van der Waals surface area contributed by atoms with Gasteiger partial charge in [0.25, 0.3) is 0 Å². The van der Waals surface area contributed by atoms with Crippen molar-refractivity contribution < 1.29 is 24.2 Å². The van der Waals surface area contributed by atoms with Gasteiger partial charge in [-0.2, -0.15) is 0 Å². The van der Waals surface area contributed by atoms with Gasteiger partial charge in [-0.15, -0.1) is 0 Å². The first-order valence-electron chi connectivity index (χ1n) is 7.25. The summed E-state index contributed by atoms with van der Waals surface area (Å²) in [4.78, 5) is 25.8. The van der Waals surface area contributed by atoms with Crippen molar-refractivity contribution in [2.24, 2.45) is 0 Å². The zero-order valence-corrected chi connectivity index (χ0v) is 13.0. The molecule has 0 aromatic heterocycles. The molecule has 0 saturated heterocycles. The number of aromatic hydroxyl groups is 1. The van der Waals surface area contributed by atoms with Gasteiger partial charge < -0.3 is 14.6 Å². The molecule has 0 saturated carbocycles. The fraction of sp³-hybridized carbons (Fsp3) is 0.412. The number of Topliss-reactive ketones (excluding diaryl/α,β-unsaturated/α-hetero) is 2. The Bertz CT molecular complexity index is 729. The highest BCUT2D eigenvalue weighted by atomic mass is 16.5. The average Bonchev–Trinajstić information content (AvgIpc) is 2.46. The topological polar surface area (TPSA) is 72.8 Å². The van der Waals surface area contributed by atoms with E-state index in [2.05, 4.69) is 0 Å². The molecule has 2 aliphatic rings. The monoisotopic (exact) mass is 302 g/mol. The minimum Gasteiger partial charge on any atom is -0.508 e. The molecule has 0 amide bonds. The highest BCUT2D eigenvalue weighted by molar-refractivity contribution is 6.29. The fourth-order valence-electron chi connectivity index (χ4n) is 3.34. The number of ether oxygens (including phenoxy) is 2. The van der Waals surface area contributed by atoms with Crippen LogP contribution in [0.1, 0.15) is 46.5 Å². The lowest BCUT2D eigenvalue weighted by Crippen LogP contribution is -2.36. The fourth-order valence-corrected chi connectivity index (χ4v) is 3.34. The molecule has 1 N–H and O–H groups in total. The molecule has 3 rings (SSSR count). The number of carbonyl (C=O) groups excluding carboxylic acids is 2. The number of hydrogen-bond donors (Lipinski definition) is 1. The van der Waals surface area contributed by atoms with Crippen LogP contribution in [-0.4, -0.2) is 36.0 Å². The predicted molar refractivity (Wildman–Crippen MR) is 79.7 cm³/mol. The number of methoxy groups -OCH3 is 1. The molecular weight excluding hydrogens is 284 g/mol. The highest BCUT2D eigenvalue weighted by Gasteiger charge is 2.41. The van der Waals surface area contributed by atoms with Crippen molar-refractivity contribution in [2.45, 2.75) is 39.4 Å². The lowest BCUT2D eigenvalue weighted by Gasteiger charge is -2.33. The van der Waals surface area contributed by atoms with Crippen molar-refractivity contribution in [3.05, 3.63) is 33.9 Å². The van der Waals surface area contributed by atoms with Crippen molar-refractivity contribution >= 4 is 11.6 Å². The first-order chi connectivity index (χ1) is 10.4. The Morgan fingerprint density at radius 3 is 2.55 bits per heavy atom. The molecule has 5 nitrogen and oxygen atoms in total. The summed E-state index contributed by atoms with van der Waals surface area (Å²) < 4.78 is 10.9. The summed E-state index contributed by atoms with van der Waals surface area (Å²) in [5.74, 6) is -0.287. The first-order valence-corrected chi connectivity index (χ1v) is 7.25. The van der Waals surface area contributed by atoms with Crippen molar-refractivity contribution in [1.82, 2.24) is 0 Å². The van der Waals surface area contributed by atoms with E-state index < -0.39 is 6.10 Å². The maximum atomic E-state index is 12.9. The van der Waals surface area contributed by atoms with Crippen LogP contribution in [0, 0.1) is 6.92 Å². The van der Waals surface area contributed by atoms with E-state index in [4.69, 9.17) is 9.47 Å². The standard InChI is InChI=1S/C17H18O5/c1-7-5-10-14(9(3)22-7)17(20)15-12(21-4)6-11(18)8(2)13(15)16(10)19/h6-7,9,18H,5H2,1-4H3/t7?,9-/m1/s1. The second-order valence-electron chi connectivity index (χ2n) is 5.82. The number of phenolic OH excluding ortho intramolecular Hbond substituents is 1. The summed E-state index contributed by atoms with van der Waals surface area (Å²) in [6.07, 6.45) is -0.144. The van der Waals surface area contributed by atoms with Gasteiger partial charge in [-0.05, 0) is 20.8 Å². The molecule has 1 aromatic rings. The van der Waals surface area contributed by atoms with Crippen LogP contribution in [0.15, 0.2) is 17.2 Å². The van der Waals surface area contributed by atoms with Crippen LogP contribution < -0.4 is 4.74 Å². The minimum absolute atomic E-state index is 0.0473. The van der Waals surface area contributed by atoms with Crippen molar-refractivity contribution in [2.75, 3.05) is 7.11 Å². The summed E-state index contributed by atoms with van der Waals surface area (Å²) in [6.45, 7) is 5.29. The van der Waals surface area contributed by atoms with Crippen LogP contribution >= 0.6 is 0 Å². The van der Waals surface area contributed by atoms with Gasteiger partial charge in [0, 0.05) is 34.8 Å². The molecule has 2 atom stereocenters. The second-order valence-corrected chi connectivity index (χ2v) is 5.82. The van der Waals surface area contributed by atoms with Crippen LogP contribution in [0.4, 0.5) is 0 Å². The van der Waals surface area contributed by atoms with Gasteiger partial charge in [0.2, 0.25) is 0 Å². The number of phenols is 1. The first kappa shape index (κ1) is 14.8. The summed E-state index contributed by atoms with van der Waals surface area (Å²) in [5, 5.41) is 10.0. The molecule has 5 heteroatoms. The highest BCUT2D eigenvalue weighted by Crippen LogP contribution is 2.42. The Morgan fingerprint density at radius 1 is 1.23 bits per heavy atom. The Morgan fingerprint density at radius 2 is 1.91 bits per heavy atom. The molecule has 0 fully saturated rings. The molecule has 22 heavy (non-hydrogen) atoms. The average molecular weight is 302 g/mol. The second kappa shape index (κ2) is 4.95. The molecule has 1 aliphatic heterocycles. The lowest BCUT2D eigenvalue weighted by molar-refractivity contribution is 0.0148. The molecule has 116 valence electrons. The van der Waals surface area contributed by atoms with E-state index >= 15 is 0 Å². The summed E-state index contributed by atoms with van der Waals surface area (Å²) in [6, 6.07) is 1.38. The molecule has 0 radical (unpaired) electrons. The molecular formula is C17H18O5. The van der Waals surface area contributed by atoms with Crippen molar-refractivity contribution in [1.29, 1.82) is 0 Å². The summed E-state index contributed by atoms with van der Waals surface area (Å²) in [7, 11) is 1.41. The van der Waals surface area contributed by atoms with Gasteiger partial charge in [0.1, 0.15) is 11.5 Å².